The van der Waals surface area contributed by atoms with Gasteiger partial charge in [0, 0.05) is 28.8 Å². The molecule has 2 aromatic heterocycles. The first-order valence-corrected chi connectivity index (χ1v) is 10.1. The number of fused-ring (bicyclic) bond motifs is 2. The summed E-state index contributed by atoms with van der Waals surface area (Å²) in [7, 11) is 0. The van der Waals surface area contributed by atoms with Crippen molar-refractivity contribution in [3.8, 4) is 11.4 Å². The van der Waals surface area contributed by atoms with Gasteiger partial charge in [0.15, 0.2) is 5.69 Å². The third-order valence-electron chi connectivity index (χ3n) is 5.58. The molecule has 6 nitrogen and oxygen atoms in total. The number of rotatable bonds is 3. The smallest absolute Gasteiger partial charge is 0.364 e. The minimum absolute atomic E-state index is 0.254. The highest BCUT2D eigenvalue weighted by atomic mass is 19.1. The van der Waals surface area contributed by atoms with E-state index >= 15 is 0 Å². The molecular formula is C24H19FN2O4. The van der Waals surface area contributed by atoms with Crippen LogP contribution in [0.1, 0.15) is 40.2 Å². The zero-order valence-electron chi connectivity index (χ0n) is 16.9. The molecule has 0 N–H and O–H groups in total. The minimum atomic E-state index is -0.576. The van der Waals surface area contributed by atoms with E-state index in [2.05, 4.69) is 5.10 Å². The number of aryl methyl sites for hydroxylation is 1. The largest absolute Gasteiger partial charge is 0.423 e. The molecular weight excluding hydrogens is 399 g/mol. The predicted octanol–water partition coefficient (Wildman–Crippen LogP) is 4.52. The van der Waals surface area contributed by atoms with E-state index < -0.39 is 11.6 Å². The number of nitrogens with zero attached hydrogens (tertiary/aromatic N) is 2. The van der Waals surface area contributed by atoms with Crippen LogP contribution >= 0.6 is 0 Å². The third-order valence-corrected chi connectivity index (χ3v) is 5.58. The quantitative estimate of drug-likeness (QED) is 0.278. The summed E-state index contributed by atoms with van der Waals surface area (Å²) >= 11 is 0. The standard InChI is InChI=1S/C24H19FN2O4/c1-14-12-22(28)31-21-13-17(10-11-18(14)21)30-24(29)23-19-4-2-3-5-20(19)27(26-23)16-8-6-15(25)7-9-16/h6-13H,2-5H2,1H3. The molecule has 0 atom stereocenters. The number of ether oxygens (including phenoxy) is 1. The van der Waals surface area contributed by atoms with E-state index in [0.29, 0.717) is 11.3 Å². The van der Waals surface area contributed by atoms with Crippen LogP contribution in [0.2, 0.25) is 0 Å². The number of aromatic nitrogens is 2. The Morgan fingerprint density at radius 1 is 1.10 bits per heavy atom. The highest BCUT2D eigenvalue weighted by Crippen LogP contribution is 2.29. The van der Waals surface area contributed by atoms with E-state index in [4.69, 9.17) is 9.15 Å². The summed E-state index contributed by atoms with van der Waals surface area (Å²) in [6.45, 7) is 1.82. The molecule has 0 radical (unpaired) electrons. The van der Waals surface area contributed by atoms with E-state index in [1.54, 1.807) is 28.9 Å². The zero-order chi connectivity index (χ0) is 21.5. The van der Waals surface area contributed by atoms with Crippen molar-refractivity contribution in [2.24, 2.45) is 0 Å². The molecule has 0 saturated carbocycles. The lowest BCUT2D eigenvalue weighted by Crippen LogP contribution is -2.13. The second-order valence-electron chi connectivity index (χ2n) is 7.67. The molecule has 7 heteroatoms. The highest BCUT2D eigenvalue weighted by molar-refractivity contribution is 5.92. The van der Waals surface area contributed by atoms with Gasteiger partial charge in [-0.2, -0.15) is 5.10 Å². The lowest BCUT2D eigenvalue weighted by atomic mass is 9.95. The average molecular weight is 418 g/mol. The Labute approximate surface area is 176 Å². The molecule has 156 valence electrons. The van der Waals surface area contributed by atoms with Crippen molar-refractivity contribution in [3.63, 3.8) is 0 Å². The maximum Gasteiger partial charge on any atom is 0.364 e. The van der Waals surface area contributed by atoms with Gasteiger partial charge in [0.25, 0.3) is 0 Å². The van der Waals surface area contributed by atoms with E-state index in [1.807, 2.05) is 6.92 Å². The topological polar surface area (TPSA) is 74.3 Å². The Morgan fingerprint density at radius 3 is 2.68 bits per heavy atom. The van der Waals surface area contributed by atoms with Crippen molar-refractivity contribution in [1.29, 1.82) is 0 Å². The van der Waals surface area contributed by atoms with Crippen LogP contribution in [-0.2, 0) is 12.8 Å². The molecule has 0 saturated heterocycles. The van der Waals surface area contributed by atoms with Gasteiger partial charge in [-0.1, -0.05) is 0 Å². The first-order valence-electron chi connectivity index (χ1n) is 10.1. The fourth-order valence-electron chi connectivity index (χ4n) is 4.08. The lowest BCUT2D eigenvalue weighted by molar-refractivity contribution is 0.0727. The molecule has 0 spiro atoms. The van der Waals surface area contributed by atoms with Gasteiger partial charge in [-0.05, 0) is 74.6 Å². The number of esters is 1. The van der Waals surface area contributed by atoms with Gasteiger partial charge in [0.05, 0.1) is 5.69 Å². The predicted molar refractivity (Wildman–Crippen MR) is 112 cm³/mol. The molecule has 1 aliphatic carbocycles. The third kappa shape index (κ3) is 3.52. The van der Waals surface area contributed by atoms with Crippen LogP contribution in [-0.4, -0.2) is 15.7 Å². The van der Waals surface area contributed by atoms with Gasteiger partial charge in [-0.15, -0.1) is 0 Å². The fourth-order valence-corrected chi connectivity index (χ4v) is 4.08. The van der Waals surface area contributed by atoms with Crippen LogP contribution in [0.25, 0.3) is 16.7 Å². The maximum atomic E-state index is 13.3. The first kappa shape index (κ1) is 19.2. The molecule has 2 heterocycles. The summed E-state index contributed by atoms with van der Waals surface area (Å²) in [5, 5.41) is 5.30. The van der Waals surface area contributed by atoms with Crippen LogP contribution in [0.4, 0.5) is 4.39 Å². The molecule has 0 amide bonds. The number of hydrogen-bond donors (Lipinski definition) is 0. The second kappa shape index (κ2) is 7.50. The molecule has 1 aliphatic rings. The minimum Gasteiger partial charge on any atom is -0.423 e. The molecule has 2 aromatic carbocycles. The number of carbonyl (C=O) groups excluding carboxylic acids is 1. The summed E-state index contributed by atoms with van der Waals surface area (Å²) < 4.78 is 25.9. The van der Waals surface area contributed by atoms with Crippen molar-refractivity contribution in [3.05, 3.63) is 87.3 Å². The van der Waals surface area contributed by atoms with Crippen LogP contribution in [0.3, 0.4) is 0 Å². The number of carbonyl (C=O) groups is 1. The first-order chi connectivity index (χ1) is 15.0. The Morgan fingerprint density at radius 2 is 1.87 bits per heavy atom. The Balaban J connectivity index is 1.51. The molecule has 0 aliphatic heterocycles. The number of benzene rings is 2. The zero-order valence-corrected chi connectivity index (χ0v) is 16.9. The SMILES string of the molecule is Cc1cc(=O)oc2cc(OC(=O)c3nn(-c4ccc(F)cc4)c4c3CCCC4)ccc12. The summed E-state index contributed by atoms with van der Waals surface area (Å²) in [5.41, 5.74) is 3.45. The molecule has 5 rings (SSSR count). The normalized spacial score (nSPS) is 13.2. The second-order valence-corrected chi connectivity index (χ2v) is 7.67. The van der Waals surface area contributed by atoms with E-state index in [9.17, 15) is 14.0 Å². The fraction of sp³-hybridized carbons (Fsp3) is 0.208. The molecule has 31 heavy (non-hydrogen) atoms. The average Bonchev–Trinajstić information content (AvgIpc) is 3.14. The highest BCUT2D eigenvalue weighted by Gasteiger charge is 2.27. The van der Waals surface area contributed by atoms with Gasteiger partial charge < -0.3 is 9.15 Å². The van der Waals surface area contributed by atoms with Crippen molar-refractivity contribution in [1.82, 2.24) is 9.78 Å². The monoisotopic (exact) mass is 418 g/mol. The van der Waals surface area contributed by atoms with Gasteiger partial charge in [0.2, 0.25) is 0 Å². The van der Waals surface area contributed by atoms with Crippen molar-refractivity contribution >= 4 is 16.9 Å². The van der Waals surface area contributed by atoms with Gasteiger partial charge in [-0.25, -0.2) is 18.7 Å². The summed E-state index contributed by atoms with van der Waals surface area (Å²) in [4.78, 5) is 24.7. The Kier molecular flexibility index (Phi) is 4.66. The van der Waals surface area contributed by atoms with Crippen molar-refractivity contribution < 1.29 is 18.3 Å². The van der Waals surface area contributed by atoms with E-state index in [-0.39, 0.29) is 17.3 Å². The maximum absolute atomic E-state index is 13.3. The summed E-state index contributed by atoms with van der Waals surface area (Å²) in [6, 6.07) is 12.4. The van der Waals surface area contributed by atoms with Gasteiger partial charge in [0.1, 0.15) is 17.1 Å². The van der Waals surface area contributed by atoms with Crippen LogP contribution in [0.5, 0.6) is 5.75 Å². The van der Waals surface area contributed by atoms with Crippen molar-refractivity contribution in [2.45, 2.75) is 32.6 Å². The van der Waals surface area contributed by atoms with Crippen LogP contribution in [0.15, 0.2) is 57.7 Å². The van der Waals surface area contributed by atoms with Crippen LogP contribution in [0, 0.1) is 12.7 Å². The van der Waals surface area contributed by atoms with Crippen molar-refractivity contribution in [2.75, 3.05) is 0 Å². The summed E-state index contributed by atoms with van der Waals surface area (Å²) in [5.74, 6) is -0.636. The van der Waals surface area contributed by atoms with Gasteiger partial charge in [-0.3, -0.25) is 0 Å². The molecule has 4 aromatic rings. The molecule has 0 unspecified atom stereocenters. The Bertz CT molecular complexity index is 1370. The number of halogens is 1. The van der Waals surface area contributed by atoms with Gasteiger partial charge >= 0.3 is 11.6 Å². The lowest BCUT2D eigenvalue weighted by Gasteiger charge is -2.14. The Hall–Kier alpha value is -3.74. The summed E-state index contributed by atoms with van der Waals surface area (Å²) in [6.07, 6.45) is 3.47. The molecule has 0 bridgehead atoms. The van der Waals surface area contributed by atoms with Crippen LogP contribution < -0.4 is 10.4 Å². The van der Waals surface area contributed by atoms with E-state index in [1.165, 1.54) is 24.3 Å². The van der Waals surface area contributed by atoms with E-state index in [0.717, 1.165) is 47.9 Å². The number of hydrogen-bond acceptors (Lipinski definition) is 5. The molecule has 0 fully saturated rings.